The van der Waals surface area contributed by atoms with Crippen LogP contribution in [0.15, 0.2) is 183 Å². The number of nitrogens with zero attached hydrogens (tertiary/aromatic N) is 9. The van der Waals surface area contributed by atoms with E-state index in [1.54, 1.807) is 97.3 Å². The van der Waals surface area contributed by atoms with Gasteiger partial charge in [-0.1, -0.05) is 156 Å². The number of aromatic nitrogens is 8. The van der Waals surface area contributed by atoms with Crippen LogP contribution in [0.1, 0.15) is 88.3 Å². The Morgan fingerprint density at radius 1 is 0.625 bits per heavy atom. The molecular formula is C74H83N11O16P2Si. The van der Waals surface area contributed by atoms with Gasteiger partial charge in [-0.05, 0) is 95.3 Å². The number of ether oxygens (including phenoxy) is 5. The summed E-state index contributed by atoms with van der Waals surface area (Å²) in [6.45, 7) is 14.7. The number of carbonyl (C=O) groups is 4. The number of rotatable bonds is 28. The van der Waals surface area contributed by atoms with Crippen molar-refractivity contribution in [2.45, 2.75) is 135 Å². The second-order valence-electron chi connectivity index (χ2n) is 27.0. The van der Waals surface area contributed by atoms with Crippen molar-refractivity contribution in [1.82, 2.24) is 39.0 Å². The number of hydrogen-bond donors (Lipinski definition) is 2. The van der Waals surface area contributed by atoms with E-state index in [1.165, 1.54) is 49.6 Å². The molecule has 2 saturated heterocycles. The summed E-state index contributed by atoms with van der Waals surface area (Å²) in [4.78, 5) is 84.9. The van der Waals surface area contributed by atoms with E-state index in [0.29, 0.717) is 22.5 Å². The zero-order chi connectivity index (χ0) is 73.5. The van der Waals surface area contributed by atoms with Crippen molar-refractivity contribution < 1.29 is 74.5 Å². The zero-order valence-electron chi connectivity index (χ0n) is 59.2. The van der Waals surface area contributed by atoms with E-state index in [-0.39, 0.29) is 72.2 Å². The number of para-hydroxylation sites is 2. The minimum Gasteiger partial charge on any atom is -0.455 e. The molecule has 2 aliphatic heterocycles. The third kappa shape index (κ3) is 16.9. The fourth-order valence-corrected chi connectivity index (χ4v) is 16.3. The van der Waals surface area contributed by atoms with Gasteiger partial charge in [-0.3, -0.25) is 42.5 Å². The SMILES string of the molecule is COP(=O)(CC[C@H]1O[C@@H](n2cnc3c(NC(=O)c4ccccc4)ncnc32)[C@H](O[Si](C)(C)C(C)(C)C)[C@@H]1OP(=O)(CC[C@H]1O[C@@H](n2cnc3c(OC(=O)N(c4ccccc4)c4ccccc4)nc(NC(=O)C(C)C)nc32)[C@H](OC(C)=O)[C@@H]1OCc1ccc2ccccc2c1)OCc1ccccc1)OC. The summed E-state index contributed by atoms with van der Waals surface area (Å²) in [5.74, 6) is -2.62. The molecule has 10 aromatic rings. The molecule has 27 nitrogen and oxygen atoms in total. The summed E-state index contributed by atoms with van der Waals surface area (Å²) < 4.78 is 100. The Balaban J connectivity index is 0.950. The number of amides is 3. The first-order chi connectivity index (χ1) is 49.9. The Kier molecular flexibility index (Phi) is 22.9. The van der Waals surface area contributed by atoms with Gasteiger partial charge in [0, 0.05) is 32.6 Å². The van der Waals surface area contributed by atoms with Gasteiger partial charge in [0.15, 0.2) is 55.0 Å². The largest absolute Gasteiger partial charge is 0.455 e. The first-order valence-corrected chi connectivity index (χ1v) is 40.4. The molecule has 6 heterocycles. The van der Waals surface area contributed by atoms with Crippen LogP contribution in [0, 0.1) is 5.92 Å². The molecule has 0 bridgehead atoms. The number of benzene rings is 6. The molecule has 104 heavy (non-hydrogen) atoms. The number of hydrogen-bond acceptors (Lipinski definition) is 22. The van der Waals surface area contributed by atoms with E-state index in [0.717, 1.165) is 16.3 Å². The lowest BCUT2D eigenvalue weighted by atomic mass is 10.1. The van der Waals surface area contributed by atoms with Gasteiger partial charge in [-0.25, -0.2) is 29.6 Å². The number of carbonyl (C=O) groups excluding carboxylic acids is 4. The van der Waals surface area contributed by atoms with Gasteiger partial charge >= 0.3 is 27.3 Å². The molecule has 0 spiro atoms. The average molecular weight is 1470 g/mol. The van der Waals surface area contributed by atoms with Crippen molar-refractivity contribution in [2.75, 3.05) is 42.1 Å². The number of nitrogens with one attached hydrogen (secondary N) is 2. The van der Waals surface area contributed by atoms with Gasteiger partial charge < -0.3 is 47.0 Å². The molecule has 2 aliphatic rings. The molecule has 9 atom stereocenters. The Bertz CT molecular complexity index is 4740. The van der Waals surface area contributed by atoms with Crippen LogP contribution in [-0.4, -0.2) is 134 Å². The molecule has 2 fully saturated rings. The van der Waals surface area contributed by atoms with E-state index < -0.39 is 114 Å². The van der Waals surface area contributed by atoms with Crippen LogP contribution in [0.3, 0.4) is 0 Å². The van der Waals surface area contributed by atoms with E-state index in [4.69, 9.17) is 61.2 Å². The first kappa shape index (κ1) is 74.4. The highest BCUT2D eigenvalue weighted by Gasteiger charge is 2.56. The standard InChI is InChI=1S/C74H83N11O16P2Si/c1-47(2)67(87)81-72-80-66-59(69(82-72)99-73(89)85(54-31-19-13-20-32-54)55-33-21-14-22-34-55)78-46-84(66)70-62(96-48(3)86)60(94-42-50-35-36-51-27-23-24-30-53(51)41-50)56(97-70)38-40-103(91,95-43-49-25-15-11-16-26-49)100-61-57(37-39-102(90,92-7)93-8)98-71(63(61)101-104(9,10)74(4,5)6)83-45-77-58-64(75-44-76-65(58)83)79-68(88)52-28-17-12-18-29-52/h11-36,41,44-47,56-57,60-63,70-71H,37-40,42-43H2,1-10H3,(H,75,76,79,88)(H,80,81,82,87)/t56-,57-,60-,61-,62-,63-,70-,71-,103?/m1/s1. The van der Waals surface area contributed by atoms with Crippen LogP contribution in [-0.2, 0) is 73.4 Å². The number of esters is 1. The van der Waals surface area contributed by atoms with Crippen LogP contribution < -0.4 is 20.3 Å². The van der Waals surface area contributed by atoms with Crippen LogP contribution in [0.25, 0.3) is 33.1 Å². The molecule has 0 saturated carbocycles. The molecule has 6 aromatic carbocycles. The maximum atomic E-state index is 16.8. The summed E-state index contributed by atoms with van der Waals surface area (Å²) in [6.07, 6.45) is -7.18. The molecule has 4 aromatic heterocycles. The molecule has 544 valence electrons. The summed E-state index contributed by atoms with van der Waals surface area (Å²) >= 11 is 0. The van der Waals surface area contributed by atoms with Gasteiger partial charge in [0.05, 0.1) is 61.8 Å². The third-order valence-electron chi connectivity index (χ3n) is 18.6. The van der Waals surface area contributed by atoms with Crippen molar-refractivity contribution >= 4 is 104 Å². The monoisotopic (exact) mass is 1470 g/mol. The topological polar surface area (TPSA) is 309 Å². The normalized spacial score (nSPS) is 19.8. The predicted octanol–water partition coefficient (Wildman–Crippen LogP) is 14.8. The summed E-state index contributed by atoms with van der Waals surface area (Å²) in [5.41, 5.74) is 3.15. The van der Waals surface area contributed by atoms with E-state index in [9.17, 15) is 23.7 Å². The smallest absolute Gasteiger partial charge is 0.425 e. The fourth-order valence-electron chi connectivity index (χ4n) is 12.0. The molecule has 30 heteroatoms. The molecule has 0 radical (unpaired) electrons. The van der Waals surface area contributed by atoms with Crippen molar-refractivity contribution in [1.29, 1.82) is 0 Å². The van der Waals surface area contributed by atoms with Gasteiger partial charge in [-0.2, -0.15) is 9.97 Å². The Labute approximate surface area is 602 Å². The first-order valence-electron chi connectivity index (χ1n) is 34.0. The quantitative estimate of drug-likeness (QED) is 0.0261. The predicted molar refractivity (Wildman–Crippen MR) is 392 cm³/mol. The van der Waals surface area contributed by atoms with Crippen LogP contribution >= 0.6 is 15.2 Å². The summed E-state index contributed by atoms with van der Waals surface area (Å²) in [6, 6.07) is 49.2. The second-order valence-corrected chi connectivity index (χ2v) is 36.3. The molecule has 1 unspecified atom stereocenters. The van der Waals surface area contributed by atoms with E-state index >= 15 is 4.57 Å². The second kappa shape index (κ2) is 32.0. The maximum absolute atomic E-state index is 16.8. The Morgan fingerprint density at radius 2 is 1.20 bits per heavy atom. The Hall–Kier alpha value is -9.28. The maximum Gasteiger partial charge on any atom is 0.425 e. The van der Waals surface area contributed by atoms with Gasteiger partial charge in [0.25, 0.3) is 11.8 Å². The van der Waals surface area contributed by atoms with Crippen molar-refractivity contribution in [3.8, 4) is 5.88 Å². The number of anilines is 4. The molecule has 3 amide bonds. The van der Waals surface area contributed by atoms with Crippen LogP contribution in [0.5, 0.6) is 5.88 Å². The third-order valence-corrected chi connectivity index (χ3v) is 26.9. The molecular weight excluding hydrogens is 1390 g/mol. The summed E-state index contributed by atoms with van der Waals surface area (Å²) in [7, 11) is -8.75. The molecule has 12 rings (SSSR count). The Morgan fingerprint density at radius 3 is 1.83 bits per heavy atom. The molecule has 0 aliphatic carbocycles. The van der Waals surface area contributed by atoms with Crippen molar-refractivity contribution in [3.63, 3.8) is 0 Å². The highest BCUT2D eigenvalue weighted by Crippen LogP contribution is 2.57. The van der Waals surface area contributed by atoms with Crippen molar-refractivity contribution in [3.05, 3.63) is 199 Å². The van der Waals surface area contributed by atoms with E-state index in [2.05, 4.69) is 59.5 Å². The lowest BCUT2D eigenvalue weighted by molar-refractivity contribution is -0.158. The lowest BCUT2D eigenvalue weighted by Gasteiger charge is -2.41. The highest BCUT2D eigenvalue weighted by molar-refractivity contribution is 7.54. The number of fused-ring (bicyclic) bond motifs is 3. The fraction of sp³-hybridized carbons (Fsp3) is 0.351. The van der Waals surface area contributed by atoms with Gasteiger partial charge in [0.1, 0.15) is 24.6 Å². The average Bonchev–Trinajstić information content (AvgIpc) is 1.59. The lowest BCUT2D eigenvalue weighted by Crippen LogP contribution is -2.49. The van der Waals surface area contributed by atoms with Crippen molar-refractivity contribution in [2.24, 2.45) is 5.92 Å². The zero-order valence-corrected chi connectivity index (χ0v) is 62.0. The minimum absolute atomic E-state index is 0.0181. The minimum atomic E-state index is -4.60. The molecule has 2 N–H and O–H groups in total. The summed E-state index contributed by atoms with van der Waals surface area (Å²) in [5, 5.41) is 7.12. The van der Waals surface area contributed by atoms with Crippen LogP contribution in [0.4, 0.5) is 27.9 Å². The van der Waals surface area contributed by atoms with Gasteiger partial charge in [0.2, 0.25) is 11.9 Å². The van der Waals surface area contributed by atoms with E-state index in [1.807, 2.05) is 84.9 Å². The van der Waals surface area contributed by atoms with Crippen LogP contribution in [0.2, 0.25) is 18.1 Å². The van der Waals surface area contributed by atoms with Gasteiger partial charge in [-0.15, -0.1) is 0 Å². The number of imidazole rings is 2. The highest BCUT2D eigenvalue weighted by atomic mass is 31.2.